The molecule has 1 nitrogen and oxygen atoms in total. The Balaban J connectivity index is 2.57. The largest absolute Gasteiger partial charge is 0.312 e. The summed E-state index contributed by atoms with van der Waals surface area (Å²) < 4.78 is 0.162. The second kappa shape index (κ2) is 4.41. The summed E-state index contributed by atoms with van der Waals surface area (Å²) in [6, 6.07) is 4.15. The highest BCUT2D eigenvalue weighted by molar-refractivity contribution is 8.00. The number of halogens is 2. The van der Waals surface area contributed by atoms with E-state index in [4.69, 9.17) is 23.2 Å². The van der Waals surface area contributed by atoms with E-state index in [1.807, 2.05) is 30.9 Å². The lowest BCUT2D eigenvalue weighted by molar-refractivity contribution is 0.474. The van der Waals surface area contributed by atoms with Gasteiger partial charge in [-0.05, 0) is 44.2 Å². The summed E-state index contributed by atoms with van der Waals surface area (Å²) in [5.41, 5.74) is 2.46. The Bertz CT molecular complexity index is 418. The molecule has 1 aliphatic heterocycles. The summed E-state index contributed by atoms with van der Waals surface area (Å²) in [6.07, 6.45) is 0. The molecule has 0 amide bonds. The standard InChI is InChI=1S/C12H15Cl2NS/c1-12(2)11(15-3)8-4-7(13)5-10(14)9(8)6-16-12/h4-5,11,15H,6H2,1-3H3. The van der Waals surface area contributed by atoms with Gasteiger partial charge in [0.25, 0.3) is 0 Å². The van der Waals surface area contributed by atoms with E-state index in [1.54, 1.807) is 0 Å². The lowest BCUT2D eigenvalue weighted by Crippen LogP contribution is -2.38. The molecule has 1 aliphatic rings. The van der Waals surface area contributed by atoms with Crippen molar-refractivity contribution in [2.75, 3.05) is 7.05 Å². The zero-order valence-corrected chi connectivity index (χ0v) is 11.9. The molecular weight excluding hydrogens is 261 g/mol. The molecule has 0 fully saturated rings. The number of benzene rings is 1. The fraction of sp³-hybridized carbons (Fsp3) is 0.500. The van der Waals surface area contributed by atoms with E-state index in [9.17, 15) is 0 Å². The van der Waals surface area contributed by atoms with Gasteiger partial charge in [0.15, 0.2) is 0 Å². The second-order valence-electron chi connectivity index (χ2n) is 4.57. The van der Waals surface area contributed by atoms with Crippen molar-refractivity contribution in [2.24, 2.45) is 0 Å². The van der Waals surface area contributed by atoms with Crippen molar-refractivity contribution in [1.82, 2.24) is 5.32 Å². The second-order valence-corrected chi connectivity index (χ2v) is 7.04. The smallest absolute Gasteiger partial charge is 0.0465 e. The van der Waals surface area contributed by atoms with Gasteiger partial charge in [-0.1, -0.05) is 23.2 Å². The number of hydrogen-bond acceptors (Lipinski definition) is 2. The van der Waals surface area contributed by atoms with Crippen molar-refractivity contribution in [1.29, 1.82) is 0 Å². The van der Waals surface area contributed by atoms with Crippen LogP contribution in [-0.4, -0.2) is 11.8 Å². The van der Waals surface area contributed by atoms with Crippen molar-refractivity contribution in [3.8, 4) is 0 Å². The van der Waals surface area contributed by atoms with Crippen LogP contribution in [0.25, 0.3) is 0 Å². The third-order valence-corrected chi connectivity index (χ3v) is 5.05. The maximum Gasteiger partial charge on any atom is 0.0465 e. The van der Waals surface area contributed by atoms with Crippen molar-refractivity contribution < 1.29 is 0 Å². The van der Waals surface area contributed by atoms with Crippen LogP contribution in [0.2, 0.25) is 10.0 Å². The summed E-state index contributed by atoms with van der Waals surface area (Å²) in [6.45, 7) is 4.49. The molecule has 1 atom stereocenters. The Morgan fingerprint density at radius 2 is 2.06 bits per heavy atom. The molecule has 1 aromatic rings. The lowest BCUT2D eigenvalue weighted by Gasteiger charge is -2.39. The van der Waals surface area contributed by atoms with Crippen molar-refractivity contribution >= 4 is 35.0 Å². The highest BCUT2D eigenvalue weighted by atomic mass is 35.5. The van der Waals surface area contributed by atoms with Crippen LogP contribution >= 0.6 is 35.0 Å². The number of fused-ring (bicyclic) bond motifs is 1. The molecule has 0 saturated heterocycles. The summed E-state index contributed by atoms with van der Waals surface area (Å²) in [4.78, 5) is 0. The zero-order chi connectivity index (χ0) is 11.9. The number of hydrogen-bond donors (Lipinski definition) is 1. The van der Waals surface area contributed by atoms with Gasteiger partial charge in [-0.15, -0.1) is 11.8 Å². The van der Waals surface area contributed by atoms with Gasteiger partial charge in [-0.2, -0.15) is 0 Å². The Morgan fingerprint density at radius 1 is 1.38 bits per heavy atom. The van der Waals surface area contributed by atoms with E-state index in [1.165, 1.54) is 11.1 Å². The van der Waals surface area contributed by atoms with Gasteiger partial charge in [-0.3, -0.25) is 0 Å². The summed E-state index contributed by atoms with van der Waals surface area (Å²) in [5.74, 6) is 0.955. The molecule has 2 rings (SSSR count). The first-order chi connectivity index (χ1) is 7.45. The minimum atomic E-state index is 0.162. The third kappa shape index (κ3) is 2.08. The molecule has 0 bridgehead atoms. The Hall–Kier alpha value is 0.110. The predicted octanol–water partition coefficient (Wildman–Crippen LogP) is 4.28. The number of thioether (sulfide) groups is 1. The van der Waals surface area contributed by atoms with Gasteiger partial charge in [0, 0.05) is 26.6 Å². The fourth-order valence-electron chi connectivity index (χ4n) is 2.25. The van der Waals surface area contributed by atoms with Crippen LogP contribution in [0.15, 0.2) is 12.1 Å². The van der Waals surface area contributed by atoms with Crippen LogP contribution in [-0.2, 0) is 5.75 Å². The Labute approximate surface area is 111 Å². The quantitative estimate of drug-likeness (QED) is 0.821. The molecule has 4 heteroatoms. The van der Waals surface area contributed by atoms with Crippen LogP contribution in [0.5, 0.6) is 0 Å². The topological polar surface area (TPSA) is 12.0 Å². The SMILES string of the molecule is CNC1c2cc(Cl)cc(Cl)c2CSC1(C)C. The molecule has 1 unspecified atom stereocenters. The van der Waals surface area contributed by atoms with Crippen molar-refractivity contribution in [3.63, 3.8) is 0 Å². The van der Waals surface area contributed by atoms with Crippen LogP contribution in [0, 0.1) is 0 Å². The first-order valence-electron chi connectivity index (χ1n) is 5.25. The Kier molecular flexibility index (Phi) is 3.47. The van der Waals surface area contributed by atoms with Gasteiger partial charge < -0.3 is 5.32 Å². The lowest BCUT2D eigenvalue weighted by atomic mass is 9.91. The minimum Gasteiger partial charge on any atom is -0.312 e. The van der Waals surface area contributed by atoms with Crippen LogP contribution in [0.4, 0.5) is 0 Å². The number of rotatable bonds is 1. The summed E-state index contributed by atoms with van der Waals surface area (Å²) >= 11 is 14.2. The monoisotopic (exact) mass is 275 g/mol. The average Bonchev–Trinajstić information content (AvgIpc) is 2.15. The van der Waals surface area contributed by atoms with Crippen LogP contribution in [0.3, 0.4) is 0 Å². The predicted molar refractivity (Wildman–Crippen MR) is 73.6 cm³/mol. The van der Waals surface area contributed by atoms with E-state index < -0.39 is 0 Å². The first-order valence-corrected chi connectivity index (χ1v) is 6.99. The first kappa shape index (κ1) is 12.6. The van der Waals surface area contributed by atoms with Gasteiger partial charge in [-0.25, -0.2) is 0 Å². The van der Waals surface area contributed by atoms with Crippen LogP contribution in [0.1, 0.15) is 31.0 Å². The molecule has 1 heterocycles. The summed E-state index contributed by atoms with van der Waals surface area (Å²) in [5, 5.41) is 4.86. The number of nitrogens with one attached hydrogen (secondary N) is 1. The van der Waals surface area contributed by atoms with E-state index in [0.717, 1.165) is 10.8 Å². The maximum absolute atomic E-state index is 6.24. The molecule has 1 N–H and O–H groups in total. The maximum atomic E-state index is 6.24. The molecule has 0 aromatic heterocycles. The molecule has 0 aliphatic carbocycles. The Morgan fingerprint density at radius 3 is 2.69 bits per heavy atom. The van der Waals surface area contributed by atoms with E-state index >= 15 is 0 Å². The molecule has 16 heavy (non-hydrogen) atoms. The highest BCUT2D eigenvalue weighted by Crippen LogP contribution is 2.47. The normalized spacial score (nSPS) is 22.9. The molecule has 88 valence electrons. The van der Waals surface area contributed by atoms with Crippen molar-refractivity contribution in [2.45, 2.75) is 30.4 Å². The van der Waals surface area contributed by atoms with E-state index in [-0.39, 0.29) is 10.8 Å². The van der Waals surface area contributed by atoms with Gasteiger partial charge >= 0.3 is 0 Å². The highest BCUT2D eigenvalue weighted by Gasteiger charge is 2.36. The van der Waals surface area contributed by atoms with Gasteiger partial charge in [0.1, 0.15) is 0 Å². The fourth-order valence-corrected chi connectivity index (χ4v) is 4.16. The molecule has 0 spiro atoms. The van der Waals surface area contributed by atoms with Gasteiger partial charge in [0.05, 0.1) is 0 Å². The van der Waals surface area contributed by atoms with Crippen molar-refractivity contribution in [3.05, 3.63) is 33.3 Å². The van der Waals surface area contributed by atoms with E-state index in [2.05, 4.69) is 19.2 Å². The summed E-state index contributed by atoms with van der Waals surface area (Å²) in [7, 11) is 1.98. The molecule has 0 radical (unpaired) electrons. The molecular formula is C12H15Cl2NS. The molecule has 1 aromatic carbocycles. The molecule has 0 saturated carbocycles. The average molecular weight is 276 g/mol. The van der Waals surface area contributed by atoms with Gasteiger partial charge in [0.2, 0.25) is 0 Å². The minimum absolute atomic E-state index is 0.162. The third-order valence-electron chi connectivity index (χ3n) is 3.08. The van der Waals surface area contributed by atoms with E-state index in [0.29, 0.717) is 5.02 Å². The zero-order valence-electron chi connectivity index (χ0n) is 9.60. The van der Waals surface area contributed by atoms with Crippen LogP contribution < -0.4 is 5.32 Å².